The molecule has 0 spiro atoms. The molecule has 1 aliphatic rings. The molecule has 52 valence electrons. The first-order valence-corrected chi connectivity index (χ1v) is 3.61. The van der Waals surface area contributed by atoms with E-state index in [1.54, 1.807) is 0 Å². The fourth-order valence-corrected chi connectivity index (χ4v) is 1.45. The van der Waals surface area contributed by atoms with Gasteiger partial charge in [0.05, 0.1) is 0 Å². The summed E-state index contributed by atoms with van der Waals surface area (Å²) in [7, 11) is 0. The van der Waals surface area contributed by atoms with Crippen LogP contribution in [0.5, 0.6) is 0 Å². The summed E-state index contributed by atoms with van der Waals surface area (Å²) in [6.45, 7) is 2.18. The Balaban J connectivity index is 0.000000605. The second-order valence-corrected chi connectivity index (χ2v) is 2.87. The summed E-state index contributed by atoms with van der Waals surface area (Å²) in [5.41, 5.74) is 4.35. The Kier molecular flexibility index (Phi) is 2.60. The molecule has 2 rings (SSSR count). The normalized spacial score (nSPS) is 13.4. The van der Waals surface area contributed by atoms with E-state index in [1.165, 1.54) is 16.7 Å². The van der Waals surface area contributed by atoms with Gasteiger partial charge in [0.25, 0.3) is 0 Å². The van der Waals surface area contributed by atoms with Gasteiger partial charge >= 0.3 is 18.9 Å². The van der Waals surface area contributed by atoms with Crippen LogP contribution in [0.1, 0.15) is 19.5 Å². The van der Waals surface area contributed by atoms with Gasteiger partial charge in [-0.1, -0.05) is 35.9 Å². The van der Waals surface area contributed by atoms with Crippen LogP contribution in [0.15, 0.2) is 29.8 Å². The number of fused-ring (bicyclic) bond motifs is 1. The molecule has 0 N–H and O–H groups in total. The maximum absolute atomic E-state index is 2.26. The van der Waals surface area contributed by atoms with Gasteiger partial charge in [-0.25, -0.2) is 0 Å². The molecule has 0 bridgehead atoms. The molecule has 1 aromatic carbocycles. The molecule has 0 saturated heterocycles. The van der Waals surface area contributed by atoms with E-state index >= 15 is 0 Å². The zero-order valence-corrected chi connectivity index (χ0v) is 7.09. The number of allylic oxidation sites excluding steroid dienone is 1. The Morgan fingerprint density at radius 1 is 1.27 bits per heavy atom. The average molecular weight is 138 g/mol. The average Bonchev–Trinajstić information content (AvgIpc) is 2.27. The van der Waals surface area contributed by atoms with Crippen LogP contribution in [-0.2, 0) is 6.42 Å². The van der Waals surface area contributed by atoms with E-state index in [0.29, 0.717) is 0 Å². The quantitative estimate of drug-likeness (QED) is 0.434. The van der Waals surface area contributed by atoms with Gasteiger partial charge in [-0.2, -0.15) is 0 Å². The van der Waals surface area contributed by atoms with Crippen molar-refractivity contribution in [2.24, 2.45) is 0 Å². The standard InChI is InChI=1S/C10H10.Li.H/c1-8-6-9-4-2-3-5-10(9)7-8;;/h2-6H,7H2,1H3;;/q;+1;-1. The van der Waals surface area contributed by atoms with E-state index in [4.69, 9.17) is 0 Å². The molecule has 0 atom stereocenters. The molecule has 0 fully saturated rings. The molecule has 0 aliphatic heterocycles. The van der Waals surface area contributed by atoms with Crippen LogP contribution in [0.2, 0.25) is 0 Å². The molecule has 0 saturated carbocycles. The van der Waals surface area contributed by atoms with Gasteiger partial charge in [0.1, 0.15) is 0 Å². The largest absolute Gasteiger partial charge is 1.00 e. The van der Waals surface area contributed by atoms with E-state index in [9.17, 15) is 0 Å². The first-order valence-electron chi connectivity index (χ1n) is 3.61. The van der Waals surface area contributed by atoms with Crippen molar-refractivity contribution in [2.45, 2.75) is 13.3 Å². The molecular formula is C10H11Li. The van der Waals surface area contributed by atoms with E-state index in [0.717, 1.165) is 6.42 Å². The van der Waals surface area contributed by atoms with Gasteiger partial charge in [-0.3, -0.25) is 0 Å². The van der Waals surface area contributed by atoms with Crippen LogP contribution in [0.25, 0.3) is 6.08 Å². The van der Waals surface area contributed by atoms with Crippen molar-refractivity contribution in [2.75, 3.05) is 0 Å². The van der Waals surface area contributed by atoms with E-state index < -0.39 is 0 Å². The number of hydrogen-bond donors (Lipinski definition) is 0. The summed E-state index contributed by atoms with van der Waals surface area (Å²) in [5, 5.41) is 0. The molecule has 0 aromatic heterocycles. The molecule has 0 amide bonds. The van der Waals surface area contributed by atoms with Gasteiger partial charge < -0.3 is 1.43 Å². The van der Waals surface area contributed by atoms with Crippen molar-refractivity contribution in [3.8, 4) is 0 Å². The van der Waals surface area contributed by atoms with Crippen molar-refractivity contribution >= 4 is 6.08 Å². The summed E-state index contributed by atoms with van der Waals surface area (Å²) in [5.74, 6) is 0. The van der Waals surface area contributed by atoms with Gasteiger partial charge in [0.15, 0.2) is 0 Å². The Hall–Kier alpha value is -0.443. The zero-order valence-electron chi connectivity index (χ0n) is 8.09. The smallest absolute Gasteiger partial charge is 1.00 e. The van der Waals surface area contributed by atoms with Crippen molar-refractivity contribution < 1.29 is 20.3 Å². The Labute approximate surface area is 81.0 Å². The summed E-state index contributed by atoms with van der Waals surface area (Å²) in [6, 6.07) is 8.56. The van der Waals surface area contributed by atoms with Gasteiger partial charge in [0.2, 0.25) is 0 Å². The van der Waals surface area contributed by atoms with E-state index in [-0.39, 0.29) is 20.3 Å². The third-order valence-corrected chi connectivity index (χ3v) is 1.93. The van der Waals surface area contributed by atoms with Crippen molar-refractivity contribution in [3.63, 3.8) is 0 Å². The third-order valence-electron chi connectivity index (χ3n) is 1.93. The molecule has 0 heterocycles. The van der Waals surface area contributed by atoms with Crippen LogP contribution in [0.4, 0.5) is 0 Å². The van der Waals surface area contributed by atoms with Crippen LogP contribution in [-0.4, -0.2) is 0 Å². The predicted octanol–water partition coefficient (Wildman–Crippen LogP) is -0.238. The fourth-order valence-electron chi connectivity index (χ4n) is 1.45. The molecule has 0 unspecified atom stereocenters. The maximum atomic E-state index is 2.26. The number of rotatable bonds is 0. The van der Waals surface area contributed by atoms with E-state index in [2.05, 4.69) is 37.3 Å². The van der Waals surface area contributed by atoms with Crippen LogP contribution in [0, 0.1) is 0 Å². The topological polar surface area (TPSA) is 0 Å². The number of hydrogen-bond acceptors (Lipinski definition) is 0. The summed E-state index contributed by atoms with van der Waals surface area (Å²) >= 11 is 0. The summed E-state index contributed by atoms with van der Waals surface area (Å²) in [6.07, 6.45) is 3.41. The fraction of sp³-hybridized carbons (Fsp3) is 0.200. The van der Waals surface area contributed by atoms with Gasteiger partial charge in [-0.05, 0) is 24.5 Å². The summed E-state index contributed by atoms with van der Waals surface area (Å²) in [4.78, 5) is 0. The van der Waals surface area contributed by atoms with Crippen LogP contribution in [0.3, 0.4) is 0 Å². The molecule has 1 aliphatic carbocycles. The molecule has 0 nitrogen and oxygen atoms in total. The summed E-state index contributed by atoms with van der Waals surface area (Å²) < 4.78 is 0. The molecule has 0 radical (unpaired) electrons. The Bertz CT molecular complexity index is 292. The third kappa shape index (κ3) is 1.59. The van der Waals surface area contributed by atoms with Crippen LogP contribution >= 0.6 is 0 Å². The number of benzene rings is 1. The minimum absolute atomic E-state index is 0. The zero-order chi connectivity index (χ0) is 6.97. The van der Waals surface area contributed by atoms with Crippen LogP contribution < -0.4 is 18.9 Å². The Morgan fingerprint density at radius 3 is 2.73 bits per heavy atom. The first-order chi connectivity index (χ1) is 4.86. The Morgan fingerprint density at radius 2 is 2.00 bits per heavy atom. The molecule has 1 heteroatoms. The maximum Gasteiger partial charge on any atom is 1.00 e. The SMILES string of the molecule is CC1=Cc2ccccc2C1.[H-].[Li+]. The molecular weight excluding hydrogens is 127 g/mol. The van der Waals surface area contributed by atoms with Crippen molar-refractivity contribution in [3.05, 3.63) is 41.0 Å². The monoisotopic (exact) mass is 138 g/mol. The first kappa shape index (κ1) is 8.65. The van der Waals surface area contributed by atoms with Crippen molar-refractivity contribution in [1.82, 2.24) is 0 Å². The van der Waals surface area contributed by atoms with E-state index in [1.807, 2.05) is 0 Å². The molecule has 11 heavy (non-hydrogen) atoms. The molecule has 1 aromatic rings. The predicted molar refractivity (Wildman–Crippen MR) is 44.9 cm³/mol. The van der Waals surface area contributed by atoms with Crippen molar-refractivity contribution in [1.29, 1.82) is 0 Å². The van der Waals surface area contributed by atoms with Gasteiger partial charge in [-0.15, -0.1) is 0 Å². The van der Waals surface area contributed by atoms with Gasteiger partial charge in [0, 0.05) is 0 Å². The second-order valence-electron chi connectivity index (χ2n) is 2.87. The minimum Gasteiger partial charge on any atom is -1.00 e. The second kappa shape index (κ2) is 3.30. The minimum atomic E-state index is 0.